The van der Waals surface area contributed by atoms with Crippen molar-refractivity contribution in [3.05, 3.63) is 76.1 Å². The fourth-order valence-corrected chi connectivity index (χ4v) is 6.08. The summed E-state index contributed by atoms with van der Waals surface area (Å²) in [6.07, 6.45) is 0. The van der Waals surface area contributed by atoms with Crippen LogP contribution in [0.2, 0.25) is 5.02 Å². The van der Waals surface area contributed by atoms with Gasteiger partial charge in [-0.1, -0.05) is 29.0 Å². The van der Waals surface area contributed by atoms with Gasteiger partial charge in [-0.2, -0.15) is 4.99 Å². The Morgan fingerprint density at radius 2 is 1.76 bits per heavy atom. The van der Waals surface area contributed by atoms with E-state index in [0.29, 0.717) is 41.1 Å². The SMILES string of the molecule is CCOCCn1c(=NC(=O)c2cccc(NS(=O)(=O)c3ccc(Cl)cc3)c2)sc2c(OC)ccc(OC)c21. The van der Waals surface area contributed by atoms with Crippen molar-refractivity contribution in [3.63, 3.8) is 0 Å². The van der Waals surface area contributed by atoms with E-state index >= 15 is 0 Å². The van der Waals surface area contributed by atoms with Gasteiger partial charge in [0.05, 0.1) is 25.7 Å². The number of hydrogen-bond donors (Lipinski definition) is 1. The average Bonchev–Trinajstić information content (AvgIpc) is 3.26. The first-order valence-corrected chi connectivity index (χ1v) is 14.2. The number of methoxy groups -OCH3 is 2. The Kier molecular flexibility index (Phi) is 8.72. The number of aromatic nitrogens is 1. The molecule has 1 heterocycles. The lowest BCUT2D eigenvalue weighted by Crippen LogP contribution is -2.20. The van der Waals surface area contributed by atoms with Crippen molar-refractivity contribution in [1.82, 2.24) is 4.57 Å². The molecule has 0 unspecified atom stereocenters. The summed E-state index contributed by atoms with van der Waals surface area (Å²) in [4.78, 5) is 18.1. The minimum absolute atomic E-state index is 0.0480. The van der Waals surface area contributed by atoms with E-state index < -0.39 is 15.9 Å². The van der Waals surface area contributed by atoms with E-state index in [9.17, 15) is 13.2 Å². The maximum Gasteiger partial charge on any atom is 0.279 e. The first-order chi connectivity index (χ1) is 18.3. The van der Waals surface area contributed by atoms with Crippen LogP contribution in [0.1, 0.15) is 17.3 Å². The number of sulfonamides is 1. The number of halogens is 1. The second-order valence-corrected chi connectivity index (χ2v) is 11.0. The number of carbonyl (C=O) groups is 1. The summed E-state index contributed by atoms with van der Waals surface area (Å²) >= 11 is 7.16. The molecular weight excluding hydrogens is 550 g/mol. The fourth-order valence-electron chi connectivity index (χ4n) is 3.74. The Hall–Kier alpha value is -3.38. The van der Waals surface area contributed by atoms with Gasteiger partial charge in [-0.25, -0.2) is 8.42 Å². The van der Waals surface area contributed by atoms with Gasteiger partial charge in [0.1, 0.15) is 21.7 Å². The van der Waals surface area contributed by atoms with Crippen LogP contribution in [0.4, 0.5) is 5.69 Å². The molecule has 3 aromatic carbocycles. The Balaban J connectivity index is 1.73. The normalized spacial score (nSPS) is 12.1. The molecule has 1 amide bonds. The van der Waals surface area contributed by atoms with Crippen LogP contribution in [-0.2, 0) is 21.3 Å². The number of thiazole rings is 1. The number of amides is 1. The molecule has 0 saturated heterocycles. The number of hydrogen-bond acceptors (Lipinski definition) is 7. The van der Waals surface area contributed by atoms with Crippen LogP contribution in [0.15, 0.2) is 70.6 Å². The lowest BCUT2D eigenvalue weighted by atomic mass is 10.2. The number of nitrogens with zero attached hydrogens (tertiary/aromatic N) is 2. The molecule has 200 valence electrons. The van der Waals surface area contributed by atoms with Crippen LogP contribution in [0.3, 0.4) is 0 Å². The highest BCUT2D eigenvalue weighted by Crippen LogP contribution is 2.35. The van der Waals surface area contributed by atoms with E-state index in [2.05, 4.69) is 9.71 Å². The Labute approximate surface area is 229 Å². The van der Waals surface area contributed by atoms with Gasteiger partial charge in [0.25, 0.3) is 15.9 Å². The van der Waals surface area contributed by atoms with E-state index in [1.165, 1.54) is 41.7 Å². The summed E-state index contributed by atoms with van der Waals surface area (Å²) in [7, 11) is -0.731. The van der Waals surface area contributed by atoms with Crippen molar-refractivity contribution in [1.29, 1.82) is 0 Å². The molecule has 12 heteroatoms. The van der Waals surface area contributed by atoms with E-state index in [1.807, 2.05) is 11.5 Å². The van der Waals surface area contributed by atoms with Crippen LogP contribution >= 0.6 is 22.9 Å². The molecule has 0 spiro atoms. The number of ether oxygens (including phenoxy) is 3. The third-order valence-corrected chi connectivity index (χ3v) is 8.28. The summed E-state index contributed by atoms with van der Waals surface area (Å²) in [5, 5.41) is 0.424. The maximum absolute atomic E-state index is 13.2. The van der Waals surface area contributed by atoms with Crippen molar-refractivity contribution in [3.8, 4) is 11.5 Å². The molecule has 0 saturated carbocycles. The minimum Gasteiger partial charge on any atom is -0.495 e. The summed E-state index contributed by atoms with van der Waals surface area (Å²) in [6, 6.07) is 15.5. The second-order valence-electron chi connectivity index (χ2n) is 7.94. The number of benzene rings is 3. The van der Waals surface area contributed by atoms with Crippen LogP contribution < -0.4 is 19.0 Å². The quantitative estimate of drug-likeness (QED) is 0.268. The third-order valence-electron chi connectivity index (χ3n) is 5.54. The number of carbonyl (C=O) groups excluding carboxylic acids is 1. The maximum atomic E-state index is 13.2. The van der Waals surface area contributed by atoms with Crippen LogP contribution in [-0.4, -0.2) is 46.3 Å². The summed E-state index contributed by atoms with van der Waals surface area (Å²) in [5.41, 5.74) is 1.19. The zero-order valence-corrected chi connectivity index (χ0v) is 23.3. The second kappa shape index (κ2) is 12.0. The third kappa shape index (κ3) is 6.02. The van der Waals surface area contributed by atoms with Crippen LogP contribution in [0, 0.1) is 0 Å². The first-order valence-electron chi connectivity index (χ1n) is 11.6. The van der Waals surface area contributed by atoms with Crippen molar-refractivity contribution in [2.24, 2.45) is 4.99 Å². The molecule has 38 heavy (non-hydrogen) atoms. The standard InChI is InChI=1S/C26H26ClN3O6S2/c1-4-36-15-14-30-23-21(34-2)12-13-22(35-3)24(23)37-26(30)28-25(31)17-6-5-7-19(16-17)29-38(32,33)20-10-8-18(27)9-11-20/h5-13,16,29H,4,14-15H2,1-3H3. The smallest absolute Gasteiger partial charge is 0.279 e. The van der Waals surface area contributed by atoms with E-state index in [4.69, 9.17) is 25.8 Å². The van der Waals surface area contributed by atoms with Gasteiger partial charge in [-0.15, -0.1) is 0 Å². The van der Waals surface area contributed by atoms with Crippen molar-refractivity contribution >= 4 is 54.8 Å². The topological polar surface area (TPSA) is 108 Å². The molecule has 0 aliphatic rings. The van der Waals surface area contributed by atoms with Crippen LogP contribution in [0.25, 0.3) is 10.2 Å². The molecule has 0 radical (unpaired) electrons. The van der Waals surface area contributed by atoms with Gasteiger partial charge in [-0.3, -0.25) is 9.52 Å². The van der Waals surface area contributed by atoms with Gasteiger partial charge in [0.15, 0.2) is 4.80 Å². The van der Waals surface area contributed by atoms with Gasteiger partial charge in [0.2, 0.25) is 0 Å². The van der Waals surface area contributed by atoms with Crippen molar-refractivity contribution in [2.75, 3.05) is 32.2 Å². The van der Waals surface area contributed by atoms with E-state index in [-0.39, 0.29) is 16.1 Å². The van der Waals surface area contributed by atoms with E-state index in [0.717, 1.165) is 10.2 Å². The van der Waals surface area contributed by atoms with Crippen LogP contribution in [0.5, 0.6) is 11.5 Å². The molecule has 0 aliphatic carbocycles. The molecule has 0 bridgehead atoms. The highest BCUT2D eigenvalue weighted by atomic mass is 35.5. The predicted molar refractivity (Wildman–Crippen MR) is 148 cm³/mol. The average molecular weight is 576 g/mol. The summed E-state index contributed by atoms with van der Waals surface area (Å²) in [5.74, 6) is 0.705. The minimum atomic E-state index is -3.88. The highest BCUT2D eigenvalue weighted by molar-refractivity contribution is 7.92. The monoisotopic (exact) mass is 575 g/mol. The number of rotatable bonds is 10. The Morgan fingerprint density at radius 3 is 2.45 bits per heavy atom. The molecule has 0 fully saturated rings. The van der Waals surface area contributed by atoms with Gasteiger partial charge >= 0.3 is 0 Å². The van der Waals surface area contributed by atoms with Gasteiger partial charge in [0, 0.05) is 29.4 Å². The Bertz CT molecular complexity index is 1630. The number of anilines is 1. The molecule has 0 aliphatic heterocycles. The van der Waals surface area contributed by atoms with E-state index in [1.54, 1.807) is 44.6 Å². The number of nitrogens with one attached hydrogen (secondary N) is 1. The summed E-state index contributed by atoms with van der Waals surface area (Å²) < 4.78 is 47.3. The lowest BCUT2D eigenvalue weighted by Gasteiger charge is -2.10. The van der Waals surface area contributed by atoms with Gasteiger partial charge in [-0.05, 0) is 61.5 Å². The molecule has 0 atom stereocenters. The lowest BCUT2D eigenvalue weighted by molar-refractivity contribution is 0.0996. The molecular formula is C26H26ClN3O6S2. The van der Waals surface area contributed by atoms with Crippen molar-refractivity contribution in [2.45, 2.75) is 18.4 Å². The zero-order chi connectivity index (χ0) is 27.3. The van der Waals surface area contributed by atoms with Crippen molar-refractivity contribution < 1.29 is 27.4 Å². The predicted octanol–water partition coefficient (Wildman–Crippen LogP) is 4.95. The first kappa shape index (κ1) is 27.6. The fraction of sp³-hybridized carbons (Fsp3) is 0.231. The number of fused-ring (bicyclic) bond motifs is 1. The zero-order valence-electron chi connectivity index (χ0n) is 20.9. The largest absolute Gasteiger partial charge is 0.495 e. The molecule has 4 aromatic rings. The van der Waals surface area contributed by atoms with Gasteiger partial charge < -0.3 is 18.8 Å². The molecule has 9 nitrogen and oxygen atoms in total. The molecule has 1 aromatic heterocycles. The molecule has 1 N–H and O–H groups in total. The molecule has 4 rings (SSSR count). The Morgan fingerprint density at radius 1 is 1.05 bits per heavy atom. The summed E-state index contributed by atoms with van der Waals surface area (Å²) in [6.45, 7) is 3.30. The highest BCUT2D eigenvalue weighted by Gasteiger charge is 2.18.